The van der Waals surface area contributed by atoms with E-state index in [9.17, 15) is 18.0 Å². The Morgan fingerprint density at radius 2 is 2.04 bits per heavy atom. The van der Waals surface area contributed by atoms with Crippen molar-refractivity contribution in [1.82, 2.24) is 15.0 Å². The van der Waals surface area contributed by atoms with Crippen molar-refractivity contribution < 1.29 is 18.0 Å². The summed E-state index contributed by atoms with van der Waals surface area (Å²) in [6.07, 6.45) is -1.50. The van der Waals surface area contributed by atoms with Crippen LogP contribution in [0.1, 0.15) is 19.3 Å². The number of thioether (sulfide) groups is 1. The number of guanidine groups is 1. The van der Waals surface area contributed by atoms with Gasteiger partial charge in [-0.1, -0.05) is 11.8 Å². The lowest BCUT2D eigenvalue weighted by atomic mass is 10.2. The molecule has 128 valence electrons. The van der Waals surface area contributed by atoms with Crippen LogP contribution in [0.2, 0.25) is 0 Å². The number of aromatic nitrogens is 3. The van der Waals surface area contributed by atoms with Gasteiger partial charge in [0.2, 0.25) is 11.9 Å². The highest BCUT2D eigenvalue weighted by atomic mass is 32.2. The van der Waals surface area contributed by atoms with Crippen LogP contribution in [0.4, 0.5) is 19.1 Å². The molecule has 0 aliphatic carbocycles. The van der Waals surface area contributed by atoms with Crippen LogP contribution < -0.4 is 16.8 Å². The van der Waals surface area contributed by atoms with Crippen molar-refractivity contribution in [2.45, 2.75) is 30.6 Å². The molecular formula is C11H16F3N7OS. The molecule has 1 rings (SSSR count). The van der Waals surface area contributed by atoms with E-state index in [2.05, 4.69) is 25.3 Å². The number of nitrogens with two attached hydrogens (primary N) is 2. The maximum absolute atomic E-state index is 12.0. The van der Waals surface area contributed by atoms with E-state index in [4.69, 9.17) is 11.5 Å². The van der Waals surface area contributed by atoms with Crippen LogP contribution in [-0.4, -0.2) is 45.3 Å². The van der Waals surface area contributed by atoms with Gasteiger partial charge in [0.05, 0.1) is 0 Å². The van der Waals surface area contributed by atoms with Gasteiger partial charge in [0.25, 0.3) is 0 Å². The highest BCUT2D eigenvalue weighted by Crippen LogP contribution is 2.16. The van der Waals surface area contributed by atoms with E-state index in [1.54, 1.807) is 0 Å². The lowest BCUT2D eigenvalue weighted by molar-refractivity contribution is -0.119. The Labute approximate surface area is 134 Å². The Kier molecular flexibility index (Phi) is 7.51. The topological polar surface area (TPSA) is 132 Å². The number of anilines is 1. The van der Waals surface area contributed by atoms with Gasteiger partial charge in [0.15, 0.2) is 11.1 Å². The molecule has 0 aliphatic rings. The highest BCUT2D eigenvalue weighted by Gasteiger charge is 2.26. The summed E-state index contributed by atoms with van der Waals surface area (Å²) >= 11 is 1.32. The maximum atomic E-state index is 12.0. The number of hydrogen-bond donors (Lipinski definition) is 3. The monoisotopic (exact) mass is 351 g/mol. The second-order valence-electron chi connectivity index (χ2n) is 4.31. The van der Waals surface area contributed by atoms with E-state index in [-0.39, 0.29) is 11.9 Å². The SMILES string of the molecule is NC(=O)CCCCSc1ncnc(NC(N)=NCC(F)(F)F)n1. The Morgan fingerprint density at radius 3 is 2.70 bits per heavy atom. The first-order valence-electron chi connectivity index (χ1n) is 6.50. The normalized spacial score (nSPS) is 12.2. The number of alkyl halides is 3. The number of halogens is 3. The molecule has 0 aromatic carbocycles. The van der Waals surface area contributed by atoms with Crippen molar-refractivity contribution >= 4 is 29.6 Å². The lowest BCUT2D eigenvalue weighted by Gasteiger charge is -2.06. The number of rotatable bonds is 8. The quantitative estimate of drug-likeness (QED) is 0.274. The fourth-order valence-corrected chi connectivity index (χ4v) is 2.11. The van der Waals surface area contributed by atoms with E-state index in [1.807, 2.05) is 0 Å². The molecule has 0 spiro atoms. The van der Waals surface area contributed by atoms with Crippen LogP contribution in [0.25, 0.3) is 0 Å². The standard InChI is InChI=1S/C11H16F3N7OS/c12-11(13,14)5-17-8(16)20-9-18-6-19-10(21-9)23-4-2-1-3-7(15)22/h6H,1-5H2,(H2,15,22)(H3,16,17,18,19,20,21). The molecule has 0 unspecified atom stereocenters. The van der Waals surface area contributed by atoms with Gasteiger partial charge in [0, 0.05) is 12.2 Å². The van der Waals surface area contributed by atoms with Gasteiger partial charge in [0.1, 0.15) is 12.9 Å². The van der Waals surface area contributed by atoms with E-state index in [0.29, 0.717) is 23.8 Å². The molecule has 1 heterocycles. The minimum atomic E-state index is -4.43. The average molecular weight is 351 g/mol. The number of carbonyl (C=O) groups is 1. The van der Waals surface area contributed by atoms with Gasteiger partial charge < -0.3 is 11.5 Å². The van der Waals surface area contributed by atoms with Gasteiger partial charge in [-0.05, 0) is 12.8 Å². The summed E-state index contributed by atoms with van der Waals surface area (Å²) < 4.78 is 36.0. The van der Waals surface area contributed by atoms with E-state index in [1.165, 1.54) is 18.1 Å². The first kappa shape index (κ1) is 18.9. The molecule has 1 aromatic heterocycles. The number of carbonyl (C=O) groups excluding carboxylic acids is 1. The van der Waals surface area contributed by atoms with Gasteiger partial charge in [-0.3, -0.25) is 10.1 Å². The highest BCUT2D eigenvalue weighted by molar-refractivity contribution is 7.99. The third-order valence-corrected chi connectivity index (χ3v) is 3.21. The second-order valence-corrected chi connectivity index (χ2v) is 5.37. The number of unbranched alkanes of at least 4 members (excludes halogenated alkanes) is 1. The van der Waals surface area contributed by atoms with E-state index < -0.39 is 18.7 Å². The zero-order valence-corrected chi connectivity index (χ0v) is 12.8. The fourth-order valence-electron chi connectivity index (χ4n) is 1.30. The van der Waals surface area contributed by atoms with Crippen molar-refractivity contribution in [3.63, 3.8) is 0 Å². The molecule has 0 saturated heterocycles. The van der Waals surface area contributed by atoms with Crippen LogP contribution in [-0.2, 0) is 4.79 Å². The van der Waals surface area contributed by atoms with Gasteiger partial charge in [-0.25, -0.2) is 15.0 Å². The minimum absolute atomic E-state index is 0.00283. The van der Waals surface area contributed by atoms with E-state index >= 15 is 0 Å². The fraction of sp³-hybridized carbons (Fsp3) is 0.545. The van der Waals surface area contributed by atoms with Crippen LogP contribution in [0.5, 0.6) is 0 Å². The van der Waals surface area contributed by atoms with Gasteiger partial charge in [-0.15, -0.1) is 0 Å². The molecular weight excluding hydrogens is 335 g/mol. The molecule has 0 aliphatic heterocycles. The summed E-state index contributed by atoms with van der Waals surface area (Å²) in [5, 5.41) is 2.74. The first-order chi connectivity index (χ1) is 10.8. The number of nitrogens with zero attached hydrogens (tertiary/aromatic N) is 4. The van der Waals surface area contributed by atoms with Crippen LogP contribution in [0.3, 0.4) is 0 Å². The van der Waals surface area contributed by atoms with Crippen molar-refractivity contribution in [2.75, 3.05) is 17.6 Å². The molecule has 8 nitrogen and oxygen atoms in total. The number of amides is 1. The summed E-state index contributed by atoms with van der Waals surface area (Å²) in [5.41, 5.74) is 10.3. The smallest absolute Gasteiger partial charge is 0.370 e. The van der Waals surface area contributed by atoms with Gasteiger partial charge in [-0.2, -0.15) is 18.2 Å². The predicted molar refractivity (Wildman–Crippen MR) is 79.8 cm³/mol. The molecule has 0 radical (unpaired) electrons. The molecule has 5 N–H and O–H groups in total. The summed E-state index contributed by atoms with van der Waals surface area (Å²) in [6, 6.07) is 0. The Morgan fingerprint density at radius 1 is 1.30 bits per heavy atom. The maximum Gasteiger partial charge on any atom is 0.408 e. The lowest BCUT2D eigenvalue weighted by Crippen LogP contribution is -2.26. The summed E-state index contributed by atoms with van der Waals surface area (Å²) in [4.78, 5) is 25.3. The predicted octanol–water partition coefficient (Wildman–Crippen LogP) is 0.908. The summed E-state index contributed by atoms with van der Waals surface area (Å²) in [7, 11) is 0. The number of aliphatic imine (C=N–C) groups is 1. The van der Waals surface area contributed by atoms with E-state index in [0.717, 1.165) is 6.42 Å². The van der Waals surface area contributed by atoms with Crippen LogP contribution in [0.15, 0.2) is 16.5 Å². The first-order valence-corrected chi connectivity index (χ1v) is 7.48. The number of hydrogen-bond acceptors (Lipinski definition) is 6. The third-order valence-electron chi connectivity index (χ3n) is 2.27. The Bertz CT molecular complexity index is 553. The van der Waals surface area contributed by atoms with Crippen molar-refractivity contribution in [2.24, 2.45) is 16.5 Å². The largest absolute Gasteiger partial charge is 0.408 e. The molecule has 1 aromatic rings. The third kappa shape index (κ3) is 9.50. The van der Waals surface area contributed by atoms with Crippen molar-refractivity contribution in [3.8, 4) is 0 Å². The summed E-state index contributed by atoms with van der Waals surface area (Å²) in [5.74, 6) is -0.127. The van der Waals surface area contributed by atoms with Crippen LogP contribution in [0, 0.1) is 0 Å². The van der Waals surface area contributed by atoms with Crippen molar-refractivity contribution in [1.29, 1.82) is 0 Å². The van der Waals surface area contributed by atoms with Crippen LogP contribution >= 0.6 is 11.8 Å². The zero-order valence-electron chi connectivity index (χ0n) is 12.0. The molecule has 0 bridgehead atoms. The minimum Gasteiger partial charge on any atom is -0.370 e. The molecule has 1 amide bonds. The average Bonchev–Trinajstić information content (AvgIpc) is 2.44. The second kappa shape index (κ2) is 9.12. The zero-order chi connectivity index (χ0) is 17.3. The molecule has 0 saturated carbocycles. The number of primary amides is 1. The Balaban J connectivity index is 2.45. The van der Waals surface area contributed by atoms with Crippen molar-refractivity contribution in [3.05, 3.63) is 6.33 Å². The van der Waals surface area contributed by atoms with Gasteiger partial charge >= 0.3 is 6.18 Å². The molecule has 23 heavy (non-hydrogen) atoms. The molecule has 0 fully saturated rings. The molecule has 12 heteroatoms. The summed E-state index contributed by atoms with van der Waals surface area (Å²) in [6.45, 7) is -1.39. The molecule has 0 atom stereocenters. The Hall–Kier alpha value is -2.11. The number of nitrogens with one attached hydrogen (secondary N) is 1.